The van der Waals surface area contributed by atoms with E-state index in [0.29, 0.717) is 13.0 Å². The third kappa shape index (κ3) is 4.51. The number of nitrogens with zero attached hydrogens (tertiary/aromatic N) is 4. The maximum atomic E-state index is 15.7. The number of alkyl halides is 1. The highest BCUT2D eigenvalue weighted by Gasteiger charge is 2.58. The van der Waals surface area contributed by atoms with E-state index < -0.39 is 24.2 Å². The van der Waals surface area contributed by atoms with Crippen LogP contribution in [0, 0.1) is 5.92 Å². The minimum atomic E-state index is -1.24. The predicted molar refractivity (Wildman–Crippen MR) is 126 cm³/mol. The third-order valence-electron chi connectivity index (χ3n) is 8.12. The summed E-state index contributed by atoms with van der Waals surface area (Å²) in [6.07, 6.45) is 8.76. The molecule has 2 aliphatic heterocycles. The number of hydrogen-bond donors (Lipinski definition) is 1. The number of imidazole rings is 1. The zero-order chi connectivity index (χ0) is 24.7. The van der Waals surface area contributed by atoms with Gasteiger partial charge in [0.2, 0.25) is 0 Å². The number of aryl methyl sites for hydroxylation is 1. The lowest BCUT2D eigenvalue weighted by molar-refractivity contribution is -0.206. The number of Topliss-reactive ketones (excluding diaryl/α,β-unsaturated/α-hetero) is 1. The number of amides is 1. The lowest BCUT2D eigenvalue weighted by atomic mass is 9.69. The van der Waals surface area contributed by atoms with Crippen molar-refractivity contribution < 1.29 is 23.5 Å². The van der Waals surface area contributed by atoms with E-state index >= 15 is 4.39 Å². The molecule has 1 aromatic rings. The standard InChI is InChI=1S/C25H36FN5O4/c1-29(2)25(33)17-13-31-19-6-5-15(34-3)11-20(19)35-24-21(18(26)12-16(22(24)31)23(17)32)28-7-4-9-30-10-8-27-14-30/h8,10,13-16,18-22,24,28H,4-7,9,11-12H2,1-3H3. The molecule has 1 saturated heterocycles. The van der Waals surface area contributed by atoms with Crippen LogP contribution >= 0.6 is 0 Å². The van der Waals surface area contributed by atoms with Crippen LogP contribution in [0.4, 0.5) is 4.39 Å². The zero-order valence-electron chi connectivity index (χ0n) is 20.7. The number of hydrogen-bond acceptors (Lipinski definition) is 7. The van der Waals surface area contributed by atoms with Gasteiger partial charge < -0.3 is 29.2 Å². The molecule has 0 spiro atoms. The monoisotopic (exact) mass is 489 g/mol. The SMILES string of the molecule is COC1CCC2C(C1)OC1C(NCCCn3ccnc3)C(F)CC3C(=O)C(C(=O)N(C)C)=CN2C31. The summed E-state index contributed by atoms with van der Waals surface area (Å²) in [6.45, 7) is 1.42. The van der Waals surface area contributed by atoms with Gasteiger partial charge in [-0.1, -0.05) is 0 Å². The van der Waals surface area contributed by atoms with Crippen molar-refractivity contribution in [3.05, 3.63) is 30.5 Å². The normalized spacial score (nSPS) is 36.3. The molecule has 9 nitrogen and oxygen atoms in total. The van der Waals surface area contributed by atoms with Crippen LogP contribution in [0.1, 0.15) is 32.1 Å². The van der Waals surface area contributed by atoms with Gasteiger partial charge >= 0.3 is 0 Å². The van der Waals surface area contributed by atoms with Crippen LogP contribution in [0.5, 0.6) is 0 Å². The van der Waals surface area contributed by atoms with E-state index in [-0.39, 0.29) is 48.0 Å². The molecule has 8 atom stereocenters. The van der Waals surface area contributed by atoms with Crippen molar-refractivity contribution in [2.45, 2.75) is 81.3 Å². The number of ketones is 1. The highest BCUT2D eigenvalue weighted by Crippen LogP contribution is 2.45. The molecule has 0 aromatic carbocycles. The van der Waals surface area contributed by atoms with E-state index in [1.807, 2.05) is 10.8 Å². The lowest BCUT2D eigenvalue weighted by Gasteiger charge is -2.59. The summed E-state index contributed by atoms with van der Waals surface area (Å²) in [5, 5.41) is 3.41. The van der Waals surface area contributed by atoms with Crippen LogP contribution < -0.4 is 5.32 Å². The van der Waals surface area contributed by atoms with Gasteiger partial charge in [-0.2, -0.15) is 0 Å². The molecule has 1 aromatic heterocycles. The first kappa shape index (κ1) is 24.4. The number of methoxy groups -OCH3 is 1. The number of halogens is 1. The Hall–Kier alpha value is -2.30. The second-order valence-corrected chi connectivity index (χ2v) is 10.4. The molecule has 3 fully saturated rings. The van der Waals surface area contributed by atoms with Crippen LogP contribution in [-0.2, 0) is 25.6 Å². The van der Waals surface area contributed by atoms with Gasteiger partial charge in [0.05, 0.1) is 48.3 Å². The predicted octanol–water partition coefficient (Wildman–Crippen LogP) is 1.15. The van der Waals surface area contributed by atoms with Crippen molar-refractivity contribution in [1.29, 1.82) is 0 Å². The van der Waals surface area contributed by atoms with Gasteiger partial charge in [-0.15, -0.1) is 0 Å². The van der Waals surface area contributed by atoms with Gasteiger partial charge in [0, 0.05) is 58.7 Å². The van der Waals surface area contributed by atoms with Gasteiger partial charge in [-0.25, -0.2) is 9.37 Å². The average Bonchev–Trinajstić information content (AvgIpc) is 3.37. The molecule has 1 amide bonds. The minimum Gasteiger partial charge on any atom is -0.381 e. The highest BCUT2D eigenvalue weighted by atomic mass is 19.1. The molecule has 2 saturated carbocycles. The molecule has 192 valence electrons. The molecule has 0 radical (unpaired) electrons. The van der Waals surface area contributed by atoms with Crippen LogP contribution in [-0.4, -0.2) is 101 Å². The first-order valence-electron chi connectivity index (χ1n) is 12.7. The van der Waals surface area contributed by atoms with Crippen molar-refractivity contribution >= 4 is 11.7 Å². The number of rotatable bonds is 7. The average molecular weight is 490 g/mol. The van der Waals surface area contributed by atoms with E-state index in [9.17, 15) is 9.59 Å². The number of likely N-dealkylation sites (N-methyl/N-ethyl adjacent to an activating group) is 1. The molecule has 3 heterocycles. The largest absolute Gasteiger partial charge is 0.381 e. The summed E-state index contributed by atoms with van der Waals surface area (Å²) in [5.41, 5.74) is 0.156. The summed E-state index contributed by atoms with van der Waals surface area (Å²) < 4.78 is 29.9. The molecule has 35 heavy (non-hydrogen) atoms. The summed E-state index contributed by atoms with van der Waals surface area (Å²) >= 11 is 0. The quantitative estimate of drug-likeness (QED) is 0.454. The molecular formula is C25H36FN5O4. The van der Waals surface area contributed by atoms with Crippen molar-refractivity contribution in [2.24, 2.45) is 5.92 Å². The Morgan fingerprint density at radius 2 is 2.17 bits per heavy atom. The fraction of sp³-hybridized carbons (Fsp3) is 0.720. The molecule has 8 unspecified atom stereocenters. The van der Waals surface area contributed by atoms with Gasteiger partial charge in [-0.3, -0.25) is 9.59 Å². The van der Waals surface area contributed by atoms with E-state index in [1.165, 1.54) is 4.90 Å². The van der Waals surface area contributed by atoms with Crippen LogP contribution in [0.15, 0.2) is 30.5 Å². The molecule has 5 rings (SSSR count). The Bertz CT molecular complexity index is 954. The number of morpholine rings is 1. The summed E-state index contributed by atoms with van der Waals surface area (Å²) in [7, 11) is 4.99. The molecule has 2 aliphatic carbocycles. The number of carbonyl (C=O) groups is 2. The Labute approximate surface area is 205 Å². The maximum Gasteiger partial charge on any atom is 0.258 e. The number of aromatic nitrogens is 2. The highest BCUT2D eigenvalue weighted by molar-refractivity contribution is 6.20. The fourth-order valence-corrected chi connectivity index (χ4v) is 6.37. The lowest BCUT2D eigenvalue weighted by Crippen LogP contribution is -2.73. The summed E-state index contributed by atoms with van der Waals surface area (Å²) in [6, 6.07) is -0.751. The number of carbonyl (C=O) groups excluding carboxylic acids is 2. The van der Waals surface area contributed by atoms with Crippen molar-refractivity contribution in [1.82, 2.24) is 24.7 Å². The molecular weight excluding hydrogens is 453 g/mol. The number of fused-ring (bicyclic) bond motifs is 2. The zero-order valence-corrected chi connectivity index (χ0v) is 20.7. The molecule has 10 heteroatoms. The van der Waals surface area contributed by atoms with E-state index in [1.54, 1.807) is 39.9 Å². The van der Waals surface area contributed by atoms with Crippen LogP contribution in [0.3, 0.4) is 0 Å². The van der Waals surface area contributed by atoms with E-state index in [4.69, 9.17) is 9.47 Å². The molecule has 1 N–H and O–H groups in total. The Morgan fingerprint density at radius 1 is 1.34 bits per heavy atom. The Morgan fingerprint density at radius 3 is 2.89 bits per heavy atom. The van der Waals surface area contributed by atoms with Crippen molar-refractivity contribution in [3.8, 4) is 0 Å². The van der Waals surface area contributed by atoms with Crippen molar-refractivity contribution in [2.75, 3.05) is 27.7 Å². The maximum absolute atomic E-state index is 15.7. The minimum absolute atomic E-state index is 0.0428. The fourth-order valence-electron chi connectivity index (χ4n) is 6.37. The van der Waals surface area contributed by atoms with Gasteiger partial charge in [0.15, 0.2) is 5.78 Å². The van der Waals surface area contributed by atoms with E-state index in [2.05, 4.69) is 15.2 Å². The first-order chi connectivity index (χ1) is 16.9. The van der Waals surface area contributed by atoms with Gasteiger partial charge in [0.1, 0.15) is 6.17 Å². The van der Waals surface area contributed by atoms with Crippen molar-refractivity contribution in [3.63, 3.8) is 0 Å². The third-order valence-corrected chi connectivity index (χ3v) is 8.12. The van der Waals surface area contributed by atoms with Crippen LogP contribution in [0.25, 0.3) is 0 Å². The smallest absolute Gasteiger partial charge is 0.258 e. The summed E-state index contributed by atoms with van der Waals surface area (Å²) in [4.78, 5) is 33.9. The number of ether oxygens (including phenoxy) is 2. The first-order valence-corrected chi connectivity index (χ1v) is 12.7. The van der Waals surface area contributed by atoms with Gasteiger partial charge in [0.25, 0.3) is 5.91 Å². The van der Waals surface area contributed by atoms with Crippen LogP contribution in [0.2, 0.25) is 0 Å². The Kier molecular flexibility index (Phi) is 6.96. The second kappa shape index (κ2) is 9.99. The molecule has 4 aliphatic rings. The summed E-state index contributed by atoms with van der Waals surface area (Å²) in [5.74, 6) is -1.18. The molecule has 0 bridgehead atoms. The topological polar surface area (TPSA) is 88.9 Å². The second-order valence-electron chi connectivity index (χ2n) is 10.4. The van der Waals surface area contributed by atoms with E-state index in [0.717, 1.165) is 25.8 Å². The number of nitrogens with one attached hydrogen (secondary N) is 1. The van der Waals surface area contributed by atoms with Gasteiger partial charge in [-0.05, 0) is 32.2 Å². The Balaban J connectivity index is 1.40.